The van der Waals surface area contributed by atoms with E-state index in [-0.39, 0.29) is 11.0 Å². The Labute approximate surface area is 117 Å². The zero-order valence-corrected chi connectivity index (χ0v) is 11.9. The summed E-state index contributed by atoms with van der Waals surface area (Å²) in [5.41, 5.74) is 0.686. The summed E-state index contributed by atoms with van der Waals surface area (Å²) in [6.07, 6.45) is 7.44. The van der Waals surface area contributed by atoms with E-state index in [4.69, 9.17) is 4.52 Å². The van der Waals surface area contributed by atoms with Crippen molar-refractivity contribution in [1.82, 2.24) is 14.7 Å². The summed E-state index contributed by atoms with van der Waals surface area (Å²) < 4.78 is 6.89. The van der Waals surface area contributed by atoms with Crippen LogP contribution in [-0.4, -0.2) is 14.7 Å². The van der Waals surface area contributed by atoms with Crippen LogP contribution in [0.3, 0.4) is 0 Å². The summed E-state index contributed by atoms with van der Waals surface area (Å²) >= 11 is 0. The highest BCUT2D eigenvalue weighted by molar-refractivity contribution is 5.51. The molecule has 5 heteroatoms. The van der Waals surface area contributed by atoms with Crippen molar-refractivity contribution in [1.29, 1.82) is 0 Å². The van der Waals surface area contributed by atoms with Crippen LogP contribution in [0.2, 0.25) is 0 Å². The molecule has 1 aliphatic rings. The maximum atomic E-state index is 11.7. The lowest BCUT2D eigenvalue weighted by atomic mass is 9.83. The summed E-state index contributed by atoms with van der Waals surface area (Å²) in [7, 11) is 1.72. The van der Waals surface area contributed by atoms with Crippen molar-refractivity contribution in [2.75, 3.05) is 0 Å². The maximum absolute atomic E-state index is 11.7. The first kappa shape index (κ1) is 13.1. The Morgan fingerprint density at radius 2 is 2.15 bits per heavy atom. The molecule has 1 aliphatic carbocycles. The Hall–Kier alpha value is -1.91. The van der Waals surface area contributed by atoms with Crippen LogP contribution in [0.1, 0.15) is 44.9 Å². The molecule has 0 N–H and O–H groups in total. The lowest BCUT2D eigenvalue weighted by molar-refractivity contribution is 0.356. The van der Waals surface area contributed by atoms with Gasteiger partial charge in [-0.3, -0.25) is 4.79 Å². The molecule has 0 saturated heterocycles. The number of hydrogen-bond acceptors (Lipinski definition) is 4. The minimum absolute atomic E-state index is 0.0709. The molecule has 20 heavy (non-hydrogen) atoms. The van der Waals surface area contributed by atoms with Gasteiger partial charge in [0.25, 0.3) is 11.4 Å². The first-order valence-corrected chi connectivity index (χ1v) is 7.16. The maximum Gasteiger partial charge on any atom is 0.258 e. The van der Waals surface area contributed by atoms with Gasteiger partial charge in [-0.25, -0.2) is 0 Å². The fourth-order valence-electron chi connectivity index (χ4n) is 3.02. The number of aromatic nitrogens is 3. The molecule has 5 nitrogen and oxygen atoms in total. The molecule has 1 saturated carbocycles. The summed E-state index contributed by atoms with van der Waals surface area (Å²) in [6, 6.07) is 3.36. The zero-order chi connectivity index (χ0) is 14.2. The second kappa shape index (κ2) is 4.89. The van der Waals surface area contributed by atoms with Crippen LogP contribution in [0.25, 0.3) is 11.5 Å². The van der Waals surface area contributed by atoms with Crippen LogP contribution in [0.15, 0.2) is 27.6 Å². The molecular formula is C15H19N3O2. The summed E-state index contributed by atoms with van der Waals surface area (Å²) in [6.45, 7) is 2.18. The normalized spacial score (nSPS) is 17.5. The molecule has 106 valence electrons. The molecule has 0 unspecified atom stereocenters. The molecule has 0 aromatic carbocycles. The van der Waals surface area contributed by atoms with Gasteiger partial charge in [0.2, 0.25) is 0 Å². The van der Waals surface area contributed by atoms with Crippen LogP contribution in [0.4, 0.5) is 0 Å². The van der Waals surface area contributed by atoms with Crippen LogP contribution in [0.5, 0.6) is 0 Å². The molecule has 0 spiro atoms. The van der Waals surface area contributed by atoms with Gasteiger partial charge in [-0.15, -0.1) is 0 Å². The van der Waals surface area contributed by atoms with Gasteiger partial charge in [0.05, 0.1) is 0 Å². The Balaban J connectivity index is 1.97. The molecule has 2 aromatic heterocycles. The molecule has 2 heterocycles. The van der Waals surface area contributed by atoms with Gasteiger partial charge in [0.1, 0.15) is 0 Å². The Morgan fingerprint density at radius 3 is 2.80 bits per heavy atom. The van der Waals surface area contributed by atoms with E-state index in [0.29, 0.717) is 11.5 Å². The molecular weight excluding hydrogens is 254 g/mol. The lowest BCUT2D eigenvalue weighted by Gasteiger charge is -2.22. The van der Waals surface area contributed by atoms with Gasteiger partial charge < -0.3 is 9.09 Å². The quantitative estimate of drug-likeness (QED) is 0.862. The van der Waals surface area contributed by atoms with E-state index in [2.05, 4.69) is 17.1 Å². The van der Waals surface area contributed by atoms with E-state index < -0.39 is 0 Å². The number of rotatable bonds is 3. The molecule has 3 rings (SSSR count). The van der Waals surface area contributed by atoms with Crippen molar-refractivity contribution in [2.24, 2.45) is 7.05 Å². The smallest absolute Gasteiger partial charge is 0.258 e. The standard InChI is InChI=1S/C15H19N3O2/c1-3-15(7-4-5-8-15)14-16-13(20-17-14)11-6-9-18(2)12(19)10-11/h6,9-10H,3-5,7-8H2,1-2H3. The first-order valence-electron chi connectivity index (χ1n) is 7.16. The van der Waals surface area contributed by atoms with Gasteiger partial charge in [-0.2, -0.15) is 4.98 Å². The highest BCUT2D eigenvalue weighted by Gasteiger charge is 2.38. The average molecular weight is 273 g/mol. The molecule has 0 atom stereocenters. The van der Waals surface area contributed by atoms with E-state index in [1.54, 1.807) is 13.2 Å². The van der Waals surface area contributed by atoms with Gasteiger partial charge in [0.15, 0.2) is 5.82 Å². The Morgan fingerprint density at radius 1 is 1.40 bits per heavy atom. The highest BCUT2D eigenvalue weighted by Crippen LogP contribution is 2.42. The molecule has 0 radical (unpaired) electrons. The van der Waals surface area contributed by atoms with Gasteiger partial charge in [0, 0.05) is 30.3 Å². The van der Waals surface area contributed by atoms with Crippen molar-refractivity contribution in [3.05, 3.63) is 34.5 Å². The minimum atomic E-state index is -0.0756. The topological polar surface area (TPSA) is 60.9 Å². The minimum Gasteiger partial charge on any atom is -0.334 e. The zero-order valence-electron chi connectivity index (χ0n) is 11.9. The van der Waals surface area contributed by atoms with Crippen LogP contribution in [-0.2, 0) is 12.5 Å². The fourth-order valence-corrected chi connectivity index (χ4v) is 3.02. The Kier molecular flexibility index (Phi) is 3.20. The van der Waals surface area contributed by atoms with E-state index in [9.17, 15) is 4.79 Å². The van der Waals surface area contributed by atoms with Gasteiger partial charge in [-0.1, -0.05) is 24.9 Å². The van der Waals surface area contributed by atoms with Gasteiger partial charge in [-0.05, 0) is 25.3 Å². The molecule has 2 aromatic rings. The summed E-state index contributed by atoms with van der Waals surface area (Å²) in [5, 5.41) is 4.17. The molecule has 0 aliphatic heterocycles. The largest absolute Gasteiger partial charge is 0.334 e. The third kappa shape index (κ3) is 2.07. The number of pyridine rings is 1. The second-order valence-corrected chi connectivity index (χ2v) is 5.63. The van der Waals surface area contributed by atoms with Crippen molar-refractivity contribution in [2.45, 2.75) is 44.4 Å². The monoisotopic (exact) mass is 273 g/mol. The first-order chi connectivity index (χ1) is 9.64. The molecule has 0 amide bonds. The lowest BCUT2D eigenvalue weighted by Crippen LogP contribution is -2.22. The number of nitrogens with zero attached hydrogens (tertiary/aromatic N) is 3. The van der Waals surface area contributed by atoms with Crippen LogP contribution >= 0.6 is 0 Å². The van der Waals surface area contributed by atoms with Crippen LogP contribution in [0, 0.1) is 0 Å². The average Bonchev–Trinajstić information content (AvgIpc) is 3.10. The molecule has 1 fully saturated rings. The highest BCUT2D eigenvalue weighted by atomic mass is 16.5. The second-order valence-electron chi connectivity index (χ2n) is 5.63. The Bertz CT molecular complexity index is 666. The fraction of sp³-hybridized carbons (Fsp3) is 0.533. The summed E-state index contributed by atoms with van der Waals surface area (Å²) in [4.78, 5) is 16.2. The van der Waals surface area contributed by atoms with Crippen LogP contribution < -0.4 is 5.56 Å². The predicted octanol–water partition coefficient (Wildman–Crippen LogP) is 2.66. The van der Waals surface area contributed by atoms with E-state index >= 15 is 0 Å². The third-order valence-electron chi connectivity index (χ3n) is 4.49. The summed E-state index contributed by atoms with van der Waals surface area (Å²) in [5.74, 6) is 1.24. The van der Waals surface area contributed by atoms with E-state index in [1.165, 1.54) is 23.5 Å². The van der Waals surface area contributed by atoms with Crippen molar-refractivity contribution < 1.29 is 4.52 Å². The number of hydrogen-bond donors (Lipinski definition) is 0. The SMILES string of the molecule is CCC1(c2noc(-c3ccn(C)c(=O)c3)n2)CCCC1. The molecule has 0 bridgehead atoms. The number of aryl methyl sites for hydroxylation is 1. The van der Waals surface area contributed by atoms with Gasteiger partial charge >= 0.3 is 0 Å². The van der Waals surface area contributed by atoms with Crippen molar-refractivity contribution in [3.8, 4) is 11.5 Å². The van der Waals surface area contributed by atoms with E-state index in [0.717, 1.165) is 25.1 Å². The van der Waals surface area contributed by atoms with Crippen molar-refractivity contribution in [3.63, 3.8) is 0 Å². The van der Waals surface area contributed by atoms with E-state index in [1.807, 2.05) is 6.07 Å². The van der Waals surface area contributed by atoms with Crippen molar-refractivity contribution >= 4 is 0 Å². The third-order valence-corrected chi connectivity index (χ3v) is 4.49. The predicted molar refractivity (Wildman–Crippen MR) is 75.4 cm³/mol.